The standard InChI is InChI=1S/C25H23NO3/c27-24(26-15-14-20-10-4-5-12-22(20)17-26)18-29-25(28)23-13-7-6-11-21(23)16-19-8-2-1-3-9-19/h1-13H,14-18H2. The maximum absolute atomic E-state index is 12.6. The van der Waals surface area contributed by atoms with Crippen molar-refractivity contribution in [3.63, 3.8) is 0 Å². The van der Waals surface area contributed by atoms with E-state index in [2.05, 4.69) is 6.07 Å². The number of hydrogen-bond acceptors (Lipinski definition) is 3. The minimum atomic E-state index is -0.456. The van der Waals surface area contributed by atoms with Gasteiger partial charge in [-0.2, -0.15) is 0 Å². The first kappa shape index (κ1) is 18.9. The molecule has 0 saturated carbocycles. The van der Waals surface area contributed by atoms with Crippen molar-refractivity contribution in [1.82, 2.24) is 4.90 Å². The fourth-order valence-corrected chi connectivity index (χ4v) is 3.69. The van der Waals surface area contributed by atoms with E-state index in [9.17, 15) is 9.59 Å². The summed E-state index contributed by atoms with van der Waals surface area (Å²) < 4.78 is 5.38. The second kappa shape index (κ2) is 8.74. The quantitative estimate of drug-likeness (QED) is 0.623. The van der Waals surface area contributed by atoms with Gasteiger partial charge in [0.2, 0.25) is 0 Å². The number of benzene rings is 3. The smallest absolute Gasteiger partial charge is 0.338 e. The zero-order valence-electron chi connectivity index (χ0n) is 16.2. The van der Waals surface area contributed by atoms with Crippen molar-refractivity contribution in [2.45, 2.75) is 19.4 Å². The van der Waals surface area contributed by atoms with Crippen LogP contribution in [0.2, 0.25) is 0 Å². The second-order valence-electron chi connectivity index (χ2n) is 7.23. The zero-order valence-corrected chi connectivity index (χ0v) is 16.2. The third-order valence-corrected chi connectivity index (χ3v) is 5.28. The van der Waals surface area contributed by atoms with Gasteiger partial charge in [-0.25, -0.2) is 4.79 Å². The molecule has 0 aliphatic carbocycles. The predicted molar refractivity (Wildman–Crippen MR) is 112 cm³/mol. The van der Waals surface area contributed by atoms with Crippen molar-refractivity contribution >= 4 is 11.9 Å². The number of fused-ring (bicyclic) bond motifs is 1. The highest BCUT2D eigenvalue weighted by atomic mass is 16.5. The lowest BCUT2D eigenvalue weighted by Crippen LogP contribution is -2.38. The highest BCUT2D eigenvalue weighted by Crippen LogP contribution is 2.19. The van der Waals surface area contributed by atoms with Gasteiger partial charge in [0.1, 0.15) is 0 Å². The molecule has 29 heavy (non-hydrogen) atoms. The first-order valence-electron chi connectivity index (χ1n) is 9.84. The van der Waals surface area contributed by atoms with Gasteiger partial charge >= 0.3 is 5.97 Å². The molecule has 1 aliphatic rings. The van der Waals surface area contributed by atoms with Crippen LogP contribution in [0, 0.1) is 0 Å². The van der Waals surface area contributed by atoms with Gasteiger partial charge in [-0.1, -0.05) is 72.8 Å². The van der Waals surface area contributed by atoms with Gasteiger partial charge in [-0.15, -0.1) is 0 Å². The second-order valence-corrected chi connectivity index (χ2v) is 7.23. The van der Waals surface area contributed by atoms with Crippen LogP contribution in [0.4, 0.5) is 0 Å². The van der Waals surface area contributed by atoms with E-state index in [4.69, 9.17) is 4.74 Å². The number of nitrogens with zero attached hydrogens (tertiary/aromatic N) is 1. The summed E-state index contributed by atoms with van der Waals surface area (Å²) in [5.74, 6) is -0.615. The number of rotatable bonds is 5. The van der Waals surface area contributed by atoms with Crippen LogP contribution in [0.15, 0.2) is 78.9 Å². The summed E-state index contributed by atoms with van der Waals surface area (Å²) in [5, 5.41) is 0. The van der Waals surface area contributed by atoms with E-state index in [0.717, 1.165) is 23.1 Å². The van der Waals surface area contributed by atoms with E-state index >= 15 is 0 Å². The van der Waals surface area contributed by atoms with Crippen LogP contribution in [0.25, 0.3) is 0 Å². The Balaban J connectivity index is 1.38. The van der Waals surface area contributed by atoms with Crippen LogP contribution in [-0.2, 0) is 28.9 Å². The van der Waals surface area contributed by atoms with Crippen molar-refractivity contribution in [3.8, 4) is 0 Å². The summed E-state index contributed by atoms with van der Waals surface area (Å²) in [7, 11) is 0. The molecule has 146 valence electrons. The summed E-state index contributed by atoms with van der Waals surface area (Å²) in [6.45, 7) is 0.982. The monoisotopic (exact) mass is 385 g/mol. The molecule has 0 atom stereocenters. The van der Waals surface area contributed by atoms with Gasteiger partial charge in [0.15, 0.2) is 6.61 Å². The van der Waals surface area contributed by atoms with Crippen LogP contribution in [0.1, 0.15) is 32.6 Å². The normalized spacial score (nSPS) is 12.9. The molecule has 1 heterocycles. The third-order valence-electron chi connectivity index (χ3n) is 5.28. The number of hydrogen-bond donors (Lipinski definition) is 0. The first-order chi connectivity index (χ1) is 14.2. The van der Waals surface area contributed by atoms with Gasteiger partial charge in [0.05, 0.1) is 5.56 Å². The molecule has 4 rings (SSSR count). The van der Waals surface area contributed by atoms with E-state index < -0.39 is 5.97 Å². The number of amides is 1. The van der Waals surface area contributed by atoms with Crippen molar-refractivity contribution in [2.75, 3.05) is 13.2 Å². The highest BCUT2D eigenvalue weighted by molar-refractivity contribution is 5.93. The van der Waals surface area contributed by atoms with Crippen molar-refractivity contribution in [2.24, 2.45) is 0 Å². The molecule has 0 N–H and O–H groups in total. The molecule has 3 aromatic rings. The minimum absolute atomic E-state index is 0.159. The molecule has 0 bridgehead atoms. The molecule has 3 aromatic carbocycles. The minimum Gasteiger partial charge on any atom is -0.452 e. The summed E-state index contributed by atoms with van der Waals surface area (Å²) in [4.78, 5) is 27.0. The lowest BCUT2D eigenvalue weighted by atomic mass is 10.00. The lowest BCUT2D eigenvalue weighted by Gasteiger charge is -2.28. The summed E-state index contributed by atoms with van der Waals surface area (Å²) in [6.07, 6.45) is 1.47. The Morgan fingerprint density at radius 1 is 0.828 bits per heavy atom. The number of carbonyl (C=O) groups is 2. The van der Waals surface area contributed by atoms with Crippen molar-refractivity contribution in [1.29, 1.82) is 0 Å². The van der Waals surface area contributed by atoms with E-state index in [-0.39, 0.29) is 12.5 Å². The third kappa shape index (κ3) is 4.54. The Kier molecular flexibility index (Phi) is 5.71. The highest BCUT2D eigenvalue weighted by Gasteiger charge is 2.22. The molecule has 0 aromatic heterocycles. The van der Waals surface area contributed by atoms with Crippen molar-refractivity contribution < 1.29 is 14.3 Å². The Bertz CT molecular complexity index is 1010. The molecular weight excluding hydrogens is 362 g/mol. The molecular formula is C25H23NO3. The van der Waals surface area contributed by atoms with Gasteiger partial charge < -0.3 is 9.64 Å². The Hall–Kier alpha value is -3.40. The van der Waals surface area contributed by atoms with Crippen LogP contribution >= 0.6 is 0 Å². The average molecular weight is 385 g/mol. The molecule has 4 nitrogen and oxygen atoms in total. The van der Waals surface area contributed by atoms with Gasteiger partial charge in [-0.05, 0) is 41.2 Å². The molecule has 0 saturated heterocycles. The van der Waals surface area contributed by atoms with E-state index in [0.29, 0.717) is 25.1 Å². The van der Waals surface area contributed by atoms with E-state index in [1.165, 1.54) is 5.56 Å². The number of carbonyl (C=O) groups excluding carboxylic acids is 2. The molecule has 0 radical (unpaired) electrons. The molecule has 0 spiro atoms. The Morgan fingerprint density at radius 2 is 1.52 bits per heavy atom. The SMILES string of the molecule is O=C(OCC(=O)N1CCc2ccccc2C1)c1ccccc1Cc1ccccc1. The topological polar surface area (TPSA) is 46.6 Å². The number of esters is 1. The predicted octanol–water partition coefficient (Wildman–Crippen LogP) is 4.02. The largest absolute Gasteiger partial charge is 0.452 e. The maximum atomic E-state index is 12.6. The van der Waals surface area contributed by atoms with Gasteiger partial charge in [-0.3, -0.25) is 4.79 Å². The van der Waals surface area contributed by atoms with E-state index in [1.807, 2.05) is 66.7 Å². The number of ether oxygens (including phenoxy) is 1. The van der Waals surface area contributed by atoms with E-state index in [1.54, 1.807) is 11.0 Å². The van der Waals surface area contributed by atoms with Crippen LogP contribution in [-0.4, -0.2) is 29.9 Å². The Labute approximate surface area is 170 Å². The molecule has 0 unspecified atom stereocenters. The van der Waals surface area contributed by atoms with Crippen molar-refractivity contribution in [3.05, 3.63) is 107 Å². The molecule has 4 heteroatoms. The lowest BCUT2D eigenvalue weighted by molar-refractivity contribution is -0.135. The van der Waals surface area contributed by atoms with Crippen LogP contribution in [0.3, 0.4) is 0 Å². The molecule has 0 fully saturated rings. The Morgan fingerprint density at radius 3 is 2.34 bits per heavy atom. The zero-order chi connectivity index (χ0) is 20.1. The maximum Gasteiger partial charge on any atom is 0.338 e. The first-order valence-corrected chi connectivity index (χ1v) is 9.84. The van der Waals surface area contributed by atoms with Crippen LogP contribution < -0.4 is 0 Å². The van der Waals surface area contributed by atoms with Crippen LogP contribution in [0.5, 0.6) is 0 Å². The summed E-state index contributed by atoms with van der Waals surface area (Å²) in [5.41, 5.74) is 4.96. The fraction of sp³-hybridized carbons (Fsp3) is 0.200. The fourth-order valence-electron chi connectivity index (χ4n) is 3.69. The van der Waals surface area contributed by atoms with Gasteiger partial charge in [0, 0.05) is 13.1 Å². The summed E-state index contributed by atoms with van der Waals surface area (Å²) in [6, 6.07) is 25.5. The molecule has 1 amide bonds. The summed E-state index contributed by atoms with van der Waals surface area (Å²) >= 11 is 0. The molecule has 1 aliphatic heterocycles. The van der Waals surface area contributed by atoms with Gasteiger partial charge in [0.25, 0.3) is 5.91 Å². The average Bonchev–Trinajstić information content (AvgIpc) is 2.78.